The summed E-state index contributed by atoms with van der Waals surface area (Å²) in [5, 5.41) is 9.16. The highest BCUT2D eigenvalue weighted by molar-refractivity contribution is 5.49. The second-order valence-corrected chi connectivity index (χ2v) is 6.60. The average molecular weight is 310 g/mol. The lowest BCUT2D eigenvalue weighted by Gasteiger charge is -2.32. The van der Waals surface area contributed by atoms with Gasteiger partial charge < -0.3 is 10.8 Å². The number of piperidine rings is 1. The summed E-state index contributed by atoms with van der Waals surface area (Å²) < 4.78 is 0. The lowest BCUT2D eigenvalue weighted by Crippen LogP contribution is -2.34. The van der Waals surface area contributed by atoms with Crippen LogP contribution in [0.15, 0.2) is 48.5 Å². The van der Waals surface area contributed by atoms with Crippen molar-refractivity contribution >= 4 is 5.69 Å². The van der Waals surface area contributed by atoms with E-state index in [1.807, 2.05) is 12.1 Å². The minimum atomic E-state index is 0.0510. The molecule has 3 rings (SSSR count). The molecule has 122 valence electrons. The van der Waals surface area contributed by atoms with Gasteiger partial charge in [0.15, 0.2) is 0 Å². The number of nitrogens with two attached hydrogens (primary N) is 1. The van der Waals surface area contributed by atoms with Gasteiger partial charge in [0.25, 0.3) is 0 Å². The third kappa shape index (κ3) is 4.34. The number of nitrogen functional groups attached to an aromatic ring is 1. The van der Waals surface area contributed by atoms with Crippen LogP contribution in [0.3, 0.4) is 0 Å². The molecule has 0 unspecified atom stereocenters. The van der Waals surface area contributed by atoms with Crippen LogP contribution in [0.25, 0.3) is 0 Å². The first kappa shape index (κ1) is 16.0. The Bertz CT molecular complexity index is 619. The van der Waals surface area contributed by atoms with Gasteiger partial charge in [-0.05, 0) is 61.0 Å². The van der Waals surface area contributed by atoms with E-state index in [-0.39, 0.29) is 6.61 Å². The van der Waals surface area contributed by atoms with Crippen molar-refractivity contribution in [2.24, 2.45) is 5.92 Å². The van der Waals surface area contributed by atoms with Crippen LogP contribution >= 0.6 is 0 Å². The average Bonchev–Trinajstić information content (AvgIpc) is 2.59. The number of aliphatic hydroxyl groups is 1. The number of anilines is 1. The first-order chi connectivity index (χ1) is 11.2. The third-order valence-corrected chi connectivity index (χ3v) is 4.86. The van der Waals surface area contributed by atoms with E-state index in [2.05, 4.69) is 41.3 Å². The SMILES string of the molecule is Nc1cc(CO)ccc1CN1CCC(Cc2ccccc2)CC1. The molecular weight excluding hydrogens is 284 g/mol. The van der Waals surface area contributed by atoms with E-state index in [4.69, 9.17) is 10.8 Å². The van der Waals surface area contributed by atoms with Gasteiger partial charge in [-0.15, -0.1) is 0 Å². The zero-order chi connectivity index (χ0) is 16.1. The lowest BCUT2D eigenvalue weighted by atomic mass is 9.90. The predicted octanol–water partition coefficient (Wildman–Crippen LogP) is 3.22. The Balaban J connectivity index is 1.51. The summed E-state index contributed by atoms with van der Waals surface area (Å²) in [6.07, 6.45) is 3.70. The molecule has 0 saturated carbocycles. The summed E-state index contributed by atoms with van der Waals surface area (Å²) in [5.74, 6) is 0.794. The largest absolute Gasteiger partial charge is 0.398 e. The Morgan fingerprint density at radius 2 is 1.74 bits per heavy atom. The number of rotatable bonds is 5. The molecule has 23 heavy (non-hydrogen) atoms. The van der Waals surface area contributed by atoms with E-state index >= 15 is 0 Å². The molecule has 3 heteroatoms. The van der Waals surface area contributed by atoms with Crippen LogP contribution in [0.2, 0.25) is 0 Å². The molecule has 0 amide bonds. The topological polar surface area (TPSA) is 49.5 Å². The second kappa shape index (κ2) is 7.62. The molecule has 0 radical (unpaired) electrons. The molecule has 1 fully saturated rings. The summed E-state index contributed by atoms with van der Waals surface area (Å²) >= 11 is 0. The molecule has 0 bridgehead atoms. The van der Waals surface area contributed by atoms with Crippen LogP contribution in [0.1, 0.15) is 29.5 Å². The van der Waals surface area contributed by atoms with Crippen molar-refractivity contribution in [1.29, 1.82) is 0 Å². The number of benzene rings is 2. The molecule has 1 aliphatic heterocycles. The molecule has 1 saturated heterocycles. The fourth-order valence-electron chi connectivity index (χ4n) is 3.42. The van der Waals surface area contributed by atoms with Crippen LogP contribution in [0.4, 0.5) is 5.69 Å². The zero-order valence-corrected chi connectivity index (χ0v) is 13.6. The molecule has 0 aliphatic carbocycles. The van der Waals surface area contributed by atoms with Crippen molar-refractivity contribution < 1.29 is 5.11 Å². The van der Waals surface area contributed by atoms with Crippen molar-refractivity contribution in [1.82, 2.24) is 4.90 Å². The van der Waals surface area contributed by atoms with Gasteiger partial charge in [0.2, 0.25) is 0 Å². The van der Waals surface area contributed by atoms with E-state index in [1.54, 1.807) is 0 Å². The Morgan fingerprint density at radius 1 is 1.00 bits per heavy atom. The molecule has 3 N–H and O–H groups in total. The van der Waals surface area contributed by atoms with Crippen LogP contribution in [-0.2, 0) is 19.6 Å². The number of likely N-dealkylation sites (tertiary alicyclic amines) is 1. The number of nitrogens with zero attached hydrogens (tertiary/aromatic N) is 1. The van der Waals surface area contributed by atoms with Gasteiger partial charge in [-0.2, -0.15) is 0 Å². The van der Waals surface area contributed by atoms with E-state index in [0.29, 0.717) is 0 Å². The highest BCUT2D eigenvalue weighted by Gasteiger charge is 2.20. The van der Waals surface area contributed by atoms with Crippen molar-refractivity contribution in [2.45, 2.75) is 32.4 Å². The number of hydrogen-bond acceptors (Lipinski definition) is 3. The normalized spacial score (nSPS) is 16.6. The highest BCUT2D eigenvalue weighted by Crippen LogP contribution is 2.24. The summed E-state index contributed by atoms with van der Waals surface area (Å²) in [7, 11) is 0. The van der Waals surface area contributed by atoms with Gasteiger partial charge >= 0.3 is 0 Å². The molecule has 2 aromatic rings. The smallest absolute Gasteiger partial charge is 0.0682 e. The molecule has 2 aromatic carbocycles. The van der Waals surface area contributed by atoms with E-state index in [9.17, 15) is 0 Å². The van der Waals surface area contributed by atoms with Crippen molar-refractivity contribution in [3.8, 4) is 0 Å². The van der Waals surface area contributed by atoms with Crippen molar-refractivity contribution in [3.63, 3.8) is 0 Å². The maximum Gasteiger partial charge on any atom is 0.0682 e. The van der Waals surface area contributed by atoms with E-state index < -0.39 is 0 Å². The molecule has 0 spiro atoms. The minimum absolute atomic E-state index is 0.0510. The van der Waals surface area contributed by atoms with Gasteiger partial charge in [0, 0.05) is 12.2 Å². The standard InChI is InChI=1S/C20H26N2O/c21-20-13-18(15-23)6-7-19(20)14-22-10-8-17(9-11-22)12-16-4-2-1-3-5-16/h1-7,13,17,23H,8-12,14-15,21H2. The van der Waals surface area contributed by atoms with Gasteiger partial charge in [0.05, 0.1) is 6.61 Å². The van der Waals surface area contributed by atoms with Gasteiger partial charge in [-0.1, -0.05) is 42.5 Å². The van der Waals surface area contributed by atoms with Gasteiger partial charge in [-0.25, -0.2) is 0 Å². The fourth-order valence-corrected chi connectivity index (χ4v) is 3.42. The highest BCUT2D eigenvalue weighted by atomic mass is 16.3. The second-order valence-electron chi connectivity index (χ2n) is 6.60. The molecule has 1 aliphatic rings. The third-order valence-electron chi connectivity index (χ3n) is 4.86. The monoisotopic (exact) mass is 310 g/mol. The summed E-state index contributed by atoms with van der Waals surface area (Å²) in [6, 6.07) is 16.7. The quantitative estimate of drug-likeness (QED) is 0.834. The van der Waals surface area contributed by atoms with Crippen molar-refractivity contribution in [2.75, 3.05) is 18.8 Å². The van der Waals surface area contributed by atoms with Crippen molar-refractivity contribution in [3.05, 3.63) is 65.2 Å². The zero-order valence-electron chi connectivity index (χ0n) is 13.6. The number of hydrogen-bond donors (Lipinski definition) is 2. The van der Waals surface area contributed by atoms with Crippen LogP contribution in [0, 0.1) is 5.92 Å². The van der Waals surface area contributed by atoms with E-state index in [1.165, 1.54) is 30.4 Å². The number of aliphatic hydroxyl groups excluding tert-OH is 1. The Morgan fingerprint density at radius 3 is 2.39 bits per heavy atom. The molecular formula is C20H26N2O. The van der Waals surface area contributed by atoms with Crippen LogP contribution in [-0.4, -0.2) is 23.1 Å². The Labute approximate surface area is 138 Å². The molecule has 0 aromatic heterocycles. The Kier molecular flexibility index (Phi) is 5.31. The maximum atomic E-state index is 9.16. The van der Waals surface area contributed by atoms with Gasteiger partial charge in [-0.3, -0.25) is 4.90 Å². The molecule has 1 heterocycles. The molecule has 3 nitrogen and oxygen atoms in total. The summed E-state index contributed by atoms with van der Waals surface area (Å²) in [5.41, 5.74) is 10.4. The fraction of sp³-hybridized carbons (Fsp3) is 0.400. The van der Waals surface area contributed by atoms with Crippen LogP contribution in [0.5, 0.6) is 0 Å². The lowest BCUT2D eigenvalue weighted by molar-refractivity contribution is 0.177. The summed E-state index contributed by atoms with van der Waals surface area (Å²) in [6.45, 7) is 3.24. The molecule has 0 atom stereocenters. The first-order valence-corrected chi connectivity index (χ1v) is 8.49. The summed E-state index contributed by atoms with van der Waals surface area (Å²) in [4.78, 5) is 2.49. The van der Waals surface area contributed by atoms with Crippen LogP contribution < -0.4 is 5.73 Å². The Hall–Kier alpha value is -1.84. The maximum absolute atomic E-state index is 9.16. The minimum Gasteiger partial charge on any atom is -0.398 e. The van der Waals surface area contributed by atoms with E-state index in [0.717, 1.165) is 36.8 Å². The first-order valence-electron chi connectivity index (χ1n) is 8.49. The predicted molar refractivity (Wildman–Crippen MR) is 94.9 cm³/mol. The van der Waals surface area contributed by atoms with Gasteiger partial charge in [0.1, 0.15) is 0 Å².